The molecule has 0 aliphatic heterocycles. The fourth-order valence-corrected chi connectivity index (χ4v) is 2.60. The molecule has 0 bridgehead atoms. The smallest absolute Gasteiger partial charge is 0.326 e. The number of aliphatic carboxylic acids is 3. The van der Waals surface area contributed by atoms with Gasteiger partial charge in [0.2, 0.25) is 29.5 Å². The molecule has 0 heterocycles. The summed E-state index contributed by atoms with van der Waals surface area (Å²) < 4.78 is 0. The molecule has 18 heteroatoms. The van der Waals surface area contributed by atoms with E-state index in [1.165, 1.54) is 6.92 Å². The number of aliphatic hydroxyl groups excluding tert-OH is 1. The zero-order chi connectivity index (χ0) is 29.0. The maximum atomic E-state index is 12.7. The SMILES string of the molecule is C[C@H](NC(=O)[C@@H](N)[C@@H](C)O)C(=O)N[C@@H](CC(=O)O)C(=O)N[C@@H](CC(=O)O)C(=O)N[C@@H](CC(N)=O)C(=O)O. The van der Waals surface area contributed by atoms with E-state index in [9.17, 15) is 43.5 Å². The summed E-state index contributed by atoms with van der Waals surface area (Å²) in [6.07, 6.45) is -4.24. The Labute approximate surface area is 209 Å². The summed E-state index contributed by atoms with van der Waals surface area (Å²) in [6.45, 7) is 2.38. The van der Waals surface area contributed by atoms with Crippen molar-refractivity contribution in [2.24, 2.45) is 11.5 Å². The molecule has 208 valence electrons. The van der Waals surface area contributed by atoms with Gasteiger partial charge in [-0.3, -0.25) is 33.6 Å². The minimum atomic E-state index is -1.95. The Morgan fingerprint density at radius 3 is 1.41 bits per heavy atom. The van der Waals surface area contributed by atoms with Crippen molar-refractivity contribution in [2.45, 2.75) is 69.4 Å². The molecule has 0 aromatic heterocycles. The standard InChI is InChI=1S/C19H30N6O12/c1-6(22-18(35)14(21)7(2)26)15(32)23-8(4-12(28)29)16(33)24-9(5-13(30)31)17(34)25-10(19(36)37)3-11(20)27/h6-10,14,26H,3-5,21H2,1-2H3,(H2,20,27)(H,22,35)(H,23,32)(H,24,33)(H,25,34)(H,28,29)(H,30,31)(H,36,37)/t6-,7+,8-,9-,10-,14-/m0/s1. The van der Waals surface area contributed by atoms with Gasteiger partial charge in [-0.2, -0.15) is 0 Å². The number of carboxylic acids is 3. The molecule has 0 aromatic carbocycles. The van der Waals surface area contributed by atoms with E-state index < -0.39 is 103 Å². The van der Waals surface area contributed by atoms with Crippen LogP contribution in [0.3, 0.4) is 0 Å². The molecule has 0 saturated heterocycles. The highest BCUT2D eigenvalue weighted by molar-refractivity contribution is 5.98. The van der Waals surface area contributed by atoms with Gasteiger partial charge in [-0.15, -0.1) is 0 Å². The van der Waals surface area contributed by atoms with Gasteiger partial charge in [0.1, 0.15) is 30.2 Å². The van der Waals surface area contributed by atoms with Crippen LogP contribution in [0.25, 0.3) is 0 Å². The van der Waals surface area contributed by atoms with Gasteiger partial charge in [0.25, 0.3) is 0 Å². The normalized spacial score (nSPS) is 15.5. The summed E-state index contributed by atoms with van der Waals surface area (Å²) in [5, 5.41) is 44.5. The number of amides is 5. The Morgan fingerprint density at radius 2 is 1.05 bits per heavy atom. The van der Waals surface area contributed by atoms with Crippen molar-refractivity contribution in [3.8, 4) is 0 Å². The highest BCUT2D eigenvalue weighted by Crippen LogP contribution is 2.02. The summed E-state index contributed by atoms with van der Waals surface area (Å²) in [7, 11) is 0. The monoisotopic (exact) mass is 534 g/mol. The van der Waals surface area contributed by atoms with Crippen molar-refractivity contribution in [2.75, 3.05) is 0 Å². The predicted molar refractivity (Wildman–Crippen MR) is 119 cm³/mol. The van der Waals surface area contributed by atoms with Gasteiger partial charge in [-0.1, -0.05) is 0 Å². The second kappa shape index (κ2) is 14.9. The number of nitrogens with two attached hydrogens (primary N) is 2. The van der Waals surface area contributed by atoms with Crippen LogP contribution >= 0.6 is 0 Å². The van der Waals surface area contributed by atoms with Crippen LogP contribution in [0, 0.1) is 0 Å². The van der Waals surface area contributed by atoms with Crippen molar-refractivity contribution >= 4 is 47.4 Å². The minimum absolute atomic E-state index is 0.852. The first-order valence-corrected chi connectivity index (χ1v) is 10.6. The van der Waals surface area contributed by atoms with Gasteiger partial charge in [0.15, 0.2) is 0 Å². The zero-order valence-electron chi connectivity index (χ0n) is 19.8. The molecule has 5 amide bonds. The van der Waals surface area contributed by atoms with E-state index in [1.54, 1.807) is 0 Å². The fraction of sp³-hybridized carbons (Fsp3) is 0.579. The molecular formula is C19H30N6O12. The van der Waals surface area contributed by atoms with Crippen molar-refractivity contribution in [1.82, 2.24) is 21.3 Å². The molecule has 0 radical (unpaired) electrons. The fourth-order valence-electron chi connectivity index (χ4n) is 2.60. The molecule has 12 N–H and O–H groups in total. The van der Waals surface area contributed by atoms with Crippen LogP contribution in [-0.2, 0) is 38.4 Å². The van der Waals surface area contributed by atoms with E-state index in [0.717, 1.165) is 6.92 Å². The maximum Gasteiger partial charge on any atom is 0.326 e. The topological polar surface area (TPSA) is 318 Å². The first-order chi connectivity index (χ1) is 17.0. The molecule has 0 saturated carbocycles. The highest BCUT2D eigenvalue weighted by Gasteiger charge is 2.33. The number of carbonyl (C=O) groups excluding carboxylic acids is 5. The lowest BCUT2D eigenvalue weighted by atomic mass is 10.1. The Balaban J connectivity index is 5.62. The average Bonchev–Trinajstić information content (AvgIpc) is 2.75. The number of primary amides is 1. The van der Waals surface area contributed by atoms with Gasteiger partial charge in [-0.25, -0.2) is 4.79 Å². The number of nitrogens with one attached hydrogen (secondary N) is 4. The van der Waals surface area contributed by atoms with Gasteiger partial charge in [-0.05, 0) is 13.8 Å². The van der Waals surface area contributed by atoms with E-state index in [4.69, 9.17) is 26.8 Å². The third-order valence-corrected chi connectivity index (χ3v) is 4.62. The van der Waals surface area contributed by atoms with Gasteiger partial charge in [0.05, 0.1) is 25.4 Å². The number of hydrogen-bond acceptors (Lipinski definition) is 10. The highest BCUT2D eigenvalue weighted by atomic mass is 16.4. The summed E-state index contributed by atoms with van der Waals surface area (Å²) >= 11 is 0. The van der Waals surface area contributed by atoms with Crippen molar-refractivity contribution in [3.63, 3.8) is 0 Å². The van der Waals surface area contributed by atoms with E-state index in [2.05, 4.69) is 5.32 Å². The lowest BCUT2D eigenvalue weighted by molar-refractivity contribution is -0.145. The predicted octanol–water partition coefficient (Wildman–Crippen LogP) is -5.44. The lowest BCUT2D eigenvalue weighted by Gasteiger charge is -2.24. The minimum Gasteiger partial charge on any atom is -0.481 e. The molecule has 0 aliphatic rings. The molecule has 0 spiro atoms. The van der Waals surface area contributed by atoms with Crippen LogP contribution in [0.1, 0.15) is 33.1 Å². The van der Waals surface area contributed by atoms with Crippen molar-refractivity contribution < 1.29 is 58.8 Å². The van der Waals surface area contributed by atoms with Crippen LogP contribution in [0.2, 0.25) is 0 Å². The number of aliphatic hydroxyl groups is 1. The largest absolute Gasteiger partial charge is 0.481 e. The van der Waals surface area contributed by atoms with Gasteiger partial charge >= 0.3 is 17.9 Å². The Hall–Kier alpha value is -4.32. The van der Waals surface area contributed by atoms with Crippen LogP contribution in [0.5, 0.6) is 0 Å². The van der Waals surface area contributed by atoms with E-state index in [0.29, 0.717) is 0 Å². The molecule has 18 nitrogen and oxygen atoms in total. The number of carbonyl (C=O) groups is 8. The van der Waals surface area contributed by atoms with Crippen molar-refractivity contribution in [1.29, 1.82) is 0 Å². The molecular weight excluding hydrogens is 504 g/mol. The maximum absolute atomic E-state index is 12.7. The summed E-state index contributed by atoms with van der Waals surface area (Å²) in [6, 6.07) is -8.45. The van der Waals surface area contributed by atoms with Crippen LogP contribution in [-0.4, -0.2) is 104 Å². The van der Waals surface area contributed by atoms with Gasteiger partial charge < -0.3 is 53.2 Å². The first kappa shape index (κ1) is 32.7. The van der Waals surface area contributed by atoms with Crippen LogP contribution in [0.15, 0.2) is 0 Å². The Morgan fingerprint density at radius 1 is 0.649 bits per heavy atom. The average molecular weight is 534 g/mol. The van der Waals surface area contributed by atoms with Crippen LogP contribution in [0.4, 0.5) is 0 Å². The number of carboxylic acid groups (broad SMARTS) is 3. The number of hydrogen-bond donors (Lipinski definition) is 10. The third-order valence-electron chi connectivity index (χ3n) is 4.62. The van der Waals surface area contributed by atoms with Crippen molar-refractivity contribution in [3.05, 3.63) is 0 Å². The second-order valence-corrected chi connectivity index (χ2v) is 7.88. The summed E-state index contributed by atoms with van der Waals surface area (Å²) in [5.74, 6) is -10.7. The molecule has 0 unspecified atom stereocenters. The summed E-state index contributed by atoms with van der Waals surface area (Å²) in [4.78, 5) is 94.0. The lowest BCUT2D eigenvalue weighted by Crippen LogP contribution is -2.59. The van der Waals surface area contributed by atoms with Gasteiger partial charge in [0, 0.05) is 0 Å². The van der Waals surface area contributed by atoms with Crippen LogP contribution < -0.4 is 32.7 Å². The molecule has 6 atom stereocenters. The van der Waals surface area contributed by atoms with E-state index >= 15 is 0 Å². The Kier molecular flexibility index (Phi) is 13.2. The summed E-state index contributed by atoms with van der Waals surface area (Å²) in [5.41, 5.74) is 10.3. The first-order valence-electron chi connectivity index (χ1n) is 10.6. The molecule has 0 aromatic rings. The molecule has 0 rings (SSSR count). The molecule has 0 fully saturated rings. The molecule has 37 heavy (non-hydrogen) atoms. The quantitative estimate of drug-likeness (QED) is 0.0884. The molecule has 0 aliphatic carbocycles. The second-order valence-electron chi connectivity index (χ2n) is 7.88. The third kappa shape index (κ3) is 12.3. The zero-order valence-corrected chi connectivity index (χ0v) is 19.8. The van der Waals surface area contributed by atoms with E-state index in [-0.39, 0.29) is 0 Å². The van der Waals surface area contributed by atoms with E-state index in [1.807, 2.05) is 16.0 Å². The Bertz CT molecular complexity index is 923. The number of rotatable bonds is 16.